The minimum absolute atomic E-state index is 0.466. The molecule has 2 aromatic rings. The average Bonchev–Trinajstić information content (AvgIpc) is 2.88. The SMILES string of the molecule is CCCCCC(=Cc1ccccc1)CNC1CCC(Nc2nc3c(c(N(C)C)n2)CCCC3)CC1. The van der Waals surface area contributed by atoms with Gasteiger partial charge in [0, 0.05) is 38.3 Å². The van der Waals surface area contributed by atoms with Crippen molar-refractivity contribution < 1.29 is 0 Å². The number of fused-ring (bicyclic) bond motifs is 1. The standard InChI is InChI=1S/C30H45N5/c1-4-5-7-14-24(21-23-12-8-6-9-13-23)22-31-25-17-19-26(20-18-25)32-30-33-28-16-11-10-15-27(28)29(34-30)35(2)3/h6,8-9,12-13,21,25-26,31H,4-5,7,10-11,14-20,22H2,1-3H3,(H,32,33,34). The molecule has 0 bridgehead atoms. The van der Waals surface area contributed by atoms with Gasteiger partial charge in [0.1, 0.15) is 5.82 Å². The van der Waals surface area contributed by atoms with Crippen molar-refractivity contribution in [3.63, 3.8) is 0 Å². The second kappa shape index (κ2) is 13.1. The maximum absolute atomic E-state index is 4.93. The molecular weight excluding hydrogens is 430 g/mol. The summed E-state index contributed by atoms with van der Waals surface area (Å²) in [5.41, 5.74) is 5.46. The molecule has 1 saturated carbocycles. The van der Waals surface area contributed by atoms with Gasteiger partial charge in [-0.15, -0.1) is 0 Å². The zero-order valence-electron chi connectivity index (χ0n) is 22.2. The van der Waals surface area contributed by atoms with Gasteiger partial charge in [-0.05, 0) is 69.8 Å². The number of aromatic nitrogens is 2. The normalized spacial score (nSPS) is 20.4. The molecule has 1 aromatic carbocycles. The molecular formula is C30H45N5. The van der Waals surface area contributed by atoms with E-state index in [9.17, 15) is 0 Å². The van der Waals surface area contributed by atoms with Crippen molar-refractivity contribution in [2.45, 2.75) is 96.1 Å². The first-order chi connectivity index (χ1) is 17.1. The van der Waals surface area contributed by atoms with Crippen molar-refractivity contribution in [3.05, 3.63) is 52.7 Å². The van der Waals surface area contributed by atoms with Crippen molar-refractivity contribution in [2.75, 3.05) is 30.9 Å². The first-order valence-corrected chi connectivity index (χ1v) is 13.9. The van der Waals surface area contributed by atoms with Crippen LogP contribution < -0.4 is 15.5 Å². The van der Waals surface area contributed by atoms with E-state index in [4.69, 9.17) is 9.97 Å². The Morgan fingerprint density at radius 3 is 2.46 bits per heavy atom. The molecule has 0 amide bonds. The molecule has 5 heteroatoms. The number of benzene rings is 1. The van der Waals surface area contributed by atoms with Gasteiger partial charge >= 0.3 is 0 Å². The van der Waals surface area contributed by atoms with Gasteiger partial charge in [-0.1, -0.05) is 61.7 Å². The third kappa shape index (κ3) is 7.54. The molecule has 4 rings (SSSR count). The Bertz CT molecular complexity index is 945. The van der Waals surface area contributed by atoms with Crippen LogP contribution in [0.4, 0.5) is 11.8 Å². The molecule has 0 radical (unpaired) electrons. The van der Waals surface area contributed by atoms with Gasteiger partial charge in [0.05, 0.1) is 5.69 Å². The van der Waals surface area contributed by atoms with Crippen LogP contribution >= 0.6 is 0 Å². The summed E-state index contributed by atoms with van der Waals surface area (Å²) in [4.78, 5) is 12.0. The third-order valence-corrected chi connectivity index (χ3v) is 7.53. The lowest BCUT2D eigenvalue weighted by Crippen LogP contribution is -2.38. The molecule has 0 atom stereocenters. The minimum atomic E-state index is 0.466. The molecule has 1 aromatic heterocycles. The van der Waals surface area contributed by atoms with Crippen molar-refractivity contribution in [2.24, 2.45) is 0 Å². The summed E-state index contributed by atoms with van der Waals surface area (Å²) in [6.07, 6.45) is 16.9. The zero-order chi connectivity index (χ0) is 24.5. The minimum Gasteiger partial charge on any atom is -0.362 e. The maximum atomic E-state index is 4.93. The average molecular weight is 476 g/mol. The van der Waals surface area contributed by atoms with Gasteiger partial charge in [-0.3, -0.25) is 0 Å². The molecule has 35 heavy (non-hydrogen) atoms. The summed E-state index contributed by atoms with van der Waals surface area (Å²) in [6.45, 7) is 3.28. The molecule has 0 aliphatic heterocycles. The number of anilines is 2. The fourth-order valence-corrected chi connectivity index (χ4v) is 5.51. The van der Waals surface area contributed by atoms with Crippen molar-refractivity contribution in [3.8, 4) is 0 Å². The summed E-state index contributed by atoms with van der Waals surface area (Å²) >= 11 is 0. The first kappa shape index (κ1) is 25.7. The van der Waals surface area contributed by atoms with E-state index in [1.165, 1.54) is 86.6 Å². The van der Waals surface area contributed by atoms with Gasteiger partial charge in [0.25, 0.3) is 0 Å². The van der Waals surface area contributed by atoms with Crippen LogP contribution in [0.1, 0.15) is 88.0 Å². The van der Waals surface area contributed by atoms with Gasteiger partial charge in [0.15, 0.2) is 0 Å². The van der Waals surface area contributed by atoms with Gasteiger partial charge < -0.3 is 15.5 Å². The summed E-state index contributed by atoms with van der Waals surface area (Å²) < 4.78 is 0. The van der Waals surface area contributed by atoms with E-state index < -0.39 is 0 Å². The third-order valence-electron chi connectivity index (χ3n) is 7.53. The van der Waals surface area contributed by atoms with Crippen LogP contribution in [0.15, 0.2) is 35.9 Å². The largest absolute Gasteiger partial charge is 0.362 e. The van der Waals surface area contributed by atoms with Crippen LogP contribution in [-0.4, -0.2) is 42.7 Å². The smallest absolute Gasteiger partial charge is 0.225 e. The second-order valence-electron chi connectivity index (χ2n) is 10.6. The van der Waals surface area contributed by atoms with Crippen LogP contribution in [0.5, 0.6) is 0 Å². The summed E-state index contributed by atoms with van der Waals surface area (Å²) in [6, 6.07) is 11.8. The van der Waals surface area contributed by atoms with Crippen molar-refractivity contribution in [1.29, 1.82) is 0 Å². The second-order valence-corrected chi connectivity index (χ2v) is 10.6. The first-order valence-electron chi connectivity index (χ1n) is 13.9. The van der Waals surface area contributed by atoms with E-state index in [1.54, 1.807) is 0 Å². The van der Waals surface area contributed by atoms with Crippen LogP contribution in [0, 0.1) is 0 Å². The van der Waals surface area contributed by atoms with E-state index in [0.29, 0.717) is 12.1 Å². The number of rotatable bonds is 11. The lowest BCUT2D eigenvalue weighted by molar-refractivity contribution is 0.360. The maximum Gasteiger partial charge on any atom is 0.225 e. The summed E-state index contributed by atoms with van der Waals surface area (Å²) in [5.74, 6) is 1.93. The number of nitrogens with one attached hydrogen (secondary N) is 2. The number of nitrogens with zero attached hydrogens (tertiary/aromatic N) is 3. The molecule has 0 unspecified atom stereocenters. The Balaban J connectivity index is 1.30. The quantitative estimate of drug-likeness (QED) is 0.368. The Kier molecular flexibility index (Phi) is 9.58. The fraction of sp³-hybridized carbons (Fsp3) is 0.600. The fourth-order valence-electron chi connectivity index (χ4n) is 5.51. The van der Waals surface area contributed by atoms with E-state index in [1.807, 2.05) is 0 Å². The van der Waals surface area contributed by atoms with E-state index >= 15 is 0 Å². The van der Waals surface area contributed by atoms with E-state index in [-0.39, 0.29) is 0 Å². The molecule has 2 N–H and O–H groups in total. The highest BCUT2D eigenvalue weighted by Gasteiger charge is 2.24. The molecule has 5 nitrogen and oxygen atoms in total. The van der Waals surface area contributed by atoms with Crippen molar-refractivity contribution in [1.82, 2.24) is 15.3 Å². The number of hydrogen-bond donors (Lipinski definition) is 2. The molecule has 1 fully saturated rings. The zero-order valence-corrected chi connectivity index (χ0v) is 22.2. The molecule has 0 saturated heterocycles. The van der Waals surface area contributed by atoms with Crippen LogP contribution in [0.3, 0.4) is 0 Å². The Morgan fingerprint density at radius 2 is 1.71 bits per heavy atom. The molecule has 0 spiro atoms. The van der Waals surface area contributed by atoms with Crippen LogP contribution in [-0.2, 0) is 12.8 Å². The summed E-state index contributed by atoms with van der Waals surface area (Å²) in [5, 5.41) is 7.57. The Hall–Kier alpha value is -2.40. The Morgan fingerprint density at radius 1 is 0.971 bits per heavy atom. The lowest BCUT2D eigenvalue weighted by Gasteiger charge is -2.31. The predicted molar refractivity (Wildman–Crippen MR) is 149 cm³/mol. The van der Waals surface area contributed by atoms with Gasteiger partial charge in [0.2, 0.25) is 5.95 Å². The number of unbranched alkanes of at least 4 members (excludes halogenated alkanes) is 2. The molecule has 190 valence electrons. The van der Waals surface area contributed by atoms with Crippen LogP contribution in [0.25, 0.3) is 6.08 Å². The molecule has 1 heterocycles. The van der Waals surface area contributed by atoms with E-state index in [0.717, 1.165) is 31.2 Å². The monoisotopic (exact) mass is 475 g/mol. The summed E-state index contributed by atoms with van der Waals surface area (Å²) in [7, 11) is 4.20. The Labute approximate surface area is 212 Å². The number of aryl methyl sites for hydroxylation is 1. The number of hydrogen-bond acceptors (Lipinski definition) is 5. The highest BCUT2D eigenvalue weighted by molar-refractivity contribution is 5.53. The predicted octanol–water partition coefficient (Wildman–Crippen LogP) is 6.40. The lowest BCUT2D eigenvalue weighted by atomic mass is 9.91. The highest BCUT2D eigenvalue weighted by Crippen LogP contribution is 2.29. The van der Waals surface area contributed by atoms with Gasteiger partial charge in [-0.25, -0.2) is 4.98 Å². The highest BCUT2D eigenvalue weighted by atomic mass is 15.2. The topological polar surface area (TPSA) is 53.1 Å². The van der Waals surface area contributed by atoms with Gasteiger partial charge in [-0.2, -0.15) is 4.98 Å². The van der Waals surface area contributed by atoms with Crippen LogP contribution in [0.2, 0.25) is 0 Å². The molecule has 2 aliphatic carbocycles. The van der Waals surface area contributed by atoms with E-state index in [2.05, 4.69) is 73.0 Å². The van der Waals surface area contributed by atoms with Crippen molar-refractivity contribution >= 4 is 17.8 Å². The molecule has 2 aliphatic rings.